The smallest absolute Gasteiger partial charge is 0.338 e. The molecule has 1 atom stereocenters. The number of hydrogen-bond acceptors (Lipinski definition) is 5. The van der Waals surface area contributed by atoms with Gasteiger partial charge in [-0.2, -0.15) is 8.42 Å². The van der Waals surface area contributed by atoms with Crippen LogP contribution in [0.3, 0.4) is 0 Å². The highest BCUT2D eigenvalue weighted by molar-refractivity contribution is 7.86. The van der Waals surface area contributed by atoms with E-state index in [2.05, 4.69) is 0 Å². The van der Waals surface area contributed by atoms with Crippen molar-refractivity contribution in [3.63, 3.8) is 0 Å². The molecule has 0 heterocycles. The molecule has 1 rings (SSSR count). The fourth-order valence-corrected chi connectivity index (χ4v) is 2.01. The maximum absolute atomic E-state index is 11.5. The van der Waals surface area contributed by atoms with Crippen molar-refractivity contribution >= 4 is 16.1 Å². The summed E-state index contributed by atoms with van der Waals surface area (Å²) in [4.78, 5) is 11.5. The maximum Gasteiger partial charge on any atom is 0.338 e. The fourth-order valence-electron chi connectivity index (χ4n) is 1.32. The first-order valence-corrected chi connectivity index (χ1v) is 7.30. The predicted octanol–water partition coefficient (Wildman–Crippen LogP) is 1.60. The largest absolute Gasteiger partial charge is 0.462 e. The van der Waals surface area contributed by atoms with Crippen LogP contribution in [0.5, 0.6) is 0 Å². The average Bonchev–Trinajstić information content (AvgIpc) is 2.27. The number of carbonyl (C=O) groups excluding carboxylic acids is 1. The van der Waals surface area contributed by atoms with Gasteiger partial charge >= 0.3 is 5.97 Å². The van der Waals surface area contributed by atoms with E-state index in [4.69, 9.17) is 8.92 Å². The minimum absolute atomic E-state index is 0.115. The molecule has 18 heavy (non-hydrogen) atoms. The topological polar surface area (TPSA) is 69.7 Å². The van der Waals surface area contributed by atoms with E-state index in [0.29, 0.717) is 12.0 Å². The Morgan fingerprint density at radius 2 is 1.89 bits per heavy atom. The fraction of sp³-hybridized carbons (Fsp3) is 0.417. The van der Waals surface area contributed by atoms with Crippen molar-refractivity contribution in [2.45, 2.75) is 19.4 Å². The summed E-state index contributed by atoms with van der Waals surface area (Å²) >= 11 is 0. The Labute approximate surface area is 107 Å². The molecule has 6 heteroatoms. The lowest BCUT2D eigenvalue weighted by atomic mass is 10.2. The first kappa shape index (κ1) is 14.7. The average molecular weight is 272 g/mol. The molecule has 0 aliphatic rings. The van der Waals surface area contributed by atoms with Gasteiger partial charge in [-0.25, -0.2) is 4.79 Å². The molecule has 0 saturated carbocycles. The molecule has 1 aromatic carbocycles. The van der Waals surface area contributed by atoms with Gasteiger partial charge in [0.15, 0.2) is 0 Å². The first-order valence-electron chi connectivity index (χ1n) is 5.49. The van der Waals surface area contributed by atoms with Crippen LogP contribution in [0.4, 0.5) is 0 Å². The number of rotatable bonds is 6. The van der Waals surface area contributed by atoms with Crippen molar-refractivity contribution in [3.05, 3.63) is 35.9 Å². The van der Waals surface area contributed by atoms with E-state index in [-0.39, 0.29) is 6.61 Å². The van der Waals surface area contributed by atoms with Crippen molar-refractivity contribution in [2.75, 3.05) is 12.9 Å². The lowest BCUT2D eigenvalue weighted by Crippen LogP contribution is -2.17. The summed E-state index contributed by atoms with van der Waals surface area (Å²) in [5, 5.41) is 0. The summed E-state index contributed by atoms with van der Waals surface area (Å²) in [6.07, 6.45) is 0.800. The van der Waals surface area contributed by atoms with E-state index < -0.39 is 22.2 Å². The summed E-state index contributed by atoms with van der Waals surface area (Å²) in [7, 11) is -3.47. The quantitative estimate of drug-likeness (QED) is 0.581. The number of ether oxygens (including phenoxy) is 1. The van der Waals surface area contributed by atoms with Crippen LogP contribution in [0.1, 0.15) is 23.7 Å². The van der Waals surface area contributed by atoms with Crippen LogP contribution in [-0.4, -0.2) is 33.4 Å². The summed E-state index contributed by atoms with van der Waals surface area (Å²) < 4.78 is 31.4. The molecule has 5 nitrogen and oxygen atoms in total. The van der Waals surface area contributed by atoms with E-state index in [1.807, 2.05) is 0 Å². The molecular weight excluding hydrogens is 256 g/mol. The van der Waals surface area contributed by atoms with E-state index >= 15 is 0 Å². The molecule has 0 amide bonds. The van der Waals surface area contributed by atoms with E-state index in [1.165, 1.54) is 0 Å². The maximum atomic E-state index is 11.5. The van der Waals surface area contributed by atoms with Crippen LogP contribution in [0.25, 0.3) is 0 Å². The standard InChI is InChI=1S/C12H16O5S/c1-10(17-18(2,14)15)8-9-16-12(13)11-6-4-3-5-7-11/h3-7,10H,8-9H2,1-2H3. The molecule has 0 N–H and O–H groups in total. The minimum Gasteiger partial charge on any atom is -0.462 e. The molecule has 0 aliphatic carbocycles. The number of benzene rings is 1. The van der Waals surface area contributed by atoms with Gasteiger partial charge in [-0.15, -0.1) is 0 Å². The third-order valence-corrected chi connectivity index (χ3v) is 2.78. The van der Waals surface area contributed by atoms with Crippen LogP contribution in [-0.2, 0) is 19.0 Å². The summed E-state index contributed by atoms with van der Waals surface area (Å²) in [5.41, 5.74) is 0.467. The summed E-state index contributed by atoms with van der Waals surface area (Å²) in [5.74, 6) is -0.429. The van der Waals surface area contributed by atoms with Gasteiger partial charge in [0.2, 0.25) is 0 Å². The molecule has 0 radical (unpaired) electrons. The number of esters is 1. The first-order chi connectivity index (χ1) is 8.38. The number of hydrogen-bond donors (Lipinski definition) is 0. The Balaban J connectivity index is 2.32. The van der Waals surface area contributed by atoms with Gasteiger partial charge in [-0.3, -0.25) is 4.18 Å². The third-order valence-electron chi connectivity index (χ3n) is 2.11. The molecule has 1 aromatic rings. The van der Waals surface area contributed by atoms with Gasteiger partial charge in [-0.05, 0) is 19.1 Å². The van der Waals surface area contributed by atoms with E-state index in [1.54, 1.807) is 37.3 Å². The predicted molar refractivity (Wildman–Crippen MR) is 66.7 cm³/mol. The van der Waals surface area contributed by atoms with Crippen molar-refractivity contribution in [2.24, 2.45) is 0 Å². The van der Waals surface area contributed by atoms with Crippen molar-refractivity contribution in [1.29, 1.82) is 0 Å². The van der Waals surface area contributed by atoms with Gasteiger partial charge in [-0.1, -0.05) is 18.2 Å². The molecule has 0 spiro atoms. The van der Waals surface area contributed by atoms with Crippen LogP contribution in [0.15, 0.2) is 30.3 Å². The van der Waals surface area contributed by atoms with Crippen LogP contribution < -0.4 is 0 Å². The Hall–Kier alpha value is -1.40. The minimum atomic E-state index is -3.47. The number of carbonyl (C=O) groups is 1. The Bertz CT molecular complexity index is 480. The second-order valence-corrected chi connectivity index (χ2v) is 5.50. The van der Waals surface area contributed by atoms with Crippen LogP contribution >= 0.6 is 0 Å². The lowest BCUT2D eigenvalue weighted by Gasteiger charge is -2.11. The Kier molecular flexibility index (Phi) is 5.30. The summed E-state index contributed by atoms with van der Waals surface area (Å²) in [6, 6.07) is 8.59. The molecule has 100 valence electrons. The highest BCUT2D eigenvalue weighted by Crippen LogP contribution is 2.05. The van der Waals surface area contributed by atoms with Gasteiger partial charge < -0.3 is 4.74 Å². The van der Waals surface area contributed by atoms with Crippen LogP contribution in [0, 0.1) is 0 Å². The SMILES string of the molecule is CC(CCOC(=O)c1ccccc1)OS(C)(=O)=O. The molecular formula is C12H16O5S. The van der Waals surface area contributed by atoms with Gasteiger partial charge in [0.25, 0.3) is 10.1 Å². The second-order valence-electron chi connectivity index (χ2n) is 3.90. The molecule has 1 unspecified atom stereocenters. The highest BCUT2D eigenvalue weighted by Gasteiger charge is 2.12. The Morgan fingerprint density at radius 1 is 1.28 bits per heavy atom. The molecule has 0 bridgehead atoms. The van der Waals surface area contributed by atoms with Gasteiger partial charge in [0, 0.05) is 6.42 Å². The van der Waals surface area contributed by atoms with Gasteiger partial charge in [0.1, 0.15) is 0 Å². The monoisotopic (exact) mass is 272 g/mol. The van der Waals surface area contributed by atoms with Crippen molar-refractivity contribution in [1.82, 2.24) is 0 Å². The van der Waals surface area contributed by atoms with Gasteiger partial charge in [0.05, 0.1) is 24.5 Å². The molecule has 0 fully saturated rings. The zero-order valence-electron chi connectivity index (χ0n) is 10.3. The highest BCUT2D eigenvalue weighted by atomic mass is 32.2. The molecule has 0 saturated heterocycles. The second kappa shape index (κ2) is 6.51. The molecule has 0 aliphatic heterocycles. The van der Waals surface area contributed by atoms with E-state index in [9.17, 15) is 13.2 Å². The van der Waals surface area contributed by atoms with E-state index in [0.717, 1.165) is 6.26 Å². The third kappa shape index (κ3) is 5.79. The summed E-state index contributed by atoms with van der Waals surface area (Å²) in [6.45, 7) is 1.72. The Morgan fingerprint density at radius 3 is 2.44 bits per heavy atom. The zero-order valence-corrected chi connectivity index (χ0v) is 11.1. The molecule has 0 aromatic heterocycles. The van der Waals surface area contributed by atoms with Crippen molar-refractivity contribution < 1.29 is 22.1 Å². The normalized spacial score (nSPS) is 13.0. The van der Waals surface area contributed by atoms with Crippen molar-refractivity contribution in [3.8, 4) is 0 Å². The zero-order chi connectivity index (χ0) is 13.6. The lowest BCUT2D eigenvalue weighted by molar-refractivity contribution is 0.0461. The van der Waals surface area contributed by atoms with Crippen LogP contribution in [0.2, 0.25) is 0 Å².